The van der Waals surface area contributed by atoms with Crippen molar-refractivity contribution in [3.63, 3.8) is 0 Å². The summed E-state index contributed by atoms with van der Waals surface area (Å²) in [6.45, 7) is 0. The van der Waals surface area contributed by atoms with Crippen molar-refractivity contribution in [2.45, 2.75) is 18.4 Å². The molecule has 3 heterocycles. The summed E-state index contributed by atoms with van der Waals surface area (Å²) >= 11 is 0. The molecule has 0 N–H and O–H groups in total. The second-order valence-corrected chi connectivity index (χ2v) is 5.56. The maximum atomic E-state index is 12.8. The van der Waals surface area contributed by atoms with E-state index in [4.69, 9.17) is 4.74 Å². The molecule has 2 amide bonds. The zero-order valence-electron chi connectivity index (χ0n) is 11.1. The second kappa shape index (κ2) is 4.19. The Morgan fingerprint density at radius 2 is 1.59 bits per heavy atom. The van der Waals surface area contributed by atoms with Crippen LogP contribution < -0.4 is 4.90 Å². The molecule has 7 heteroatoms. The normalized spacial score (nSPS) is 33.0. The Balaban J connectivity index is 1.73. The van der Waals surface area contributed by atoms with E-state index in [0.717, 1.165) is 17.0 Å². The van der Waals surface area contributed by atoms with Gasteiger partial charge in [0.25, 0.3) is 0 Å². The molecule has 0 unspecified atom stereocenters. The van der Waals surface area contributed by atoms with Gasteiger partial charge in [0.2, 0.25) is 11.8 Å². The van der Waals surface area contributed by atoms with Crippen LogP contribution in [-0.2, 0) is 20.5 Å². The van der Waals surface area contributed by atoms with Crippen LogP contribution in [0.3, 0.4) is 0 Å². The number of anilines is 1. The molecular formula is C15H10F3NO3. The lowest BCUT2D eigenvalue weighted by atomic mass is 9.85. The molecule has 2 saturated heterocycles. The molecule has 0 aromatic heterocycles. The summed E-state index contributed by atoms with van der Waals surface area (Å²) in [5.41, 5.74) is -0.932. The Hall–Kier alpha value is -2.15. The van der Waals surface area contributed by atoms with Gasteiger partial charge in [-0.15, -0.1) is 0 Å². The molecule has 1 aromatic carbocycles. The fourth-order valence-corrected chi connectivity index (χ4v) is 3.38. The number of halogens is 3. The van der Waals surface area contributed by atoms with Crippen molar-refractivity contribution in [3.05, 3.63) is 42.0 Å². The summed E-state index contributed by atoms with van der Waals surface area (Å²) in [6, 6.07) is 4.26. The van der Waals surface area contributed by atoms with Crippen LogP contribution in [0.5, 0.6) is 0 Å². The van der Waals surface area contributed by atoms with Crippen molar-refractivity contribution in [1.29, 1.82) is 0 Å². The lowest BCUT2D eigenvalue weighted by Gasteiger charge is -2.18. The summed E-state index contributed by atoms with van der Waals surface area (Å²) < 4.78 is 43.9. The maximum Gasteiger partial charge on any atom is 0.416 e. The quantitative estimate of drug-likeness (QED) is 0.590. The minimum atomic E-state index is -4.53. The molecule has 1 aromatic rings. The molecule has 3 aliphatic rings. The molecule has 114 valence electrons. The Labute approximate surface area is 123 Å². The zero-order chi connectivity index (χ0) is 15.6. The first-order valence-electron chi connectivity index (χ1n) is 6.77. The second-order valence-electron chi connectivity index (χ2n) is 5.56. The minimum Gasteiger partial charge on any atom is -0.365 e. The summed E-state index contributed by atoms with van der Waals surface area (Å²) in [5.74, 6) is -2.24. The van der Waals surface area contributed by atoms with Crippen molar-refractivity contribution >= 4 is 17.5 Å². The van der Waals surface area contributed by atoms with E-state index in [0.29, 0.717) is 0 Å². The van der Waals surface area contributed by atoms with Gasteiger partial charge in [-0.3, -0.25) is 9.59 Å². The topological polar surface area (TPSA) is 46.6 Å². The van der Waals surface area contributed by atoms with Crippen LogP contribution in [0.15, 0.2) is 36.4 Å². The summed E-state index contributed by atoms with van der Waals surface area (Å²) in [7, 11) is 0. The molecule has 0 aliphatic carbocycles. The number of alkyl halides is 3. The highest BCUT2D eigenvalue weighted by atomic mass is 19.4. The predicted octanol–water partition coefficient (Wildman–Crippen LogP) is 2.15. The first-order chi connectivity index (χ1) is 10.4. The molecule has 0 saturated carbocycles. The van der Waals surface area contributed by atoms with Crippen molar-refractivity contribution in [1.82, 2.24) is 0 Å². The van der Waals surface area contributed by atoms with Crippen molar-refractivity contribution in [3.8, 4) is 0 Å². The number of hydrogen-bond donors (Lipinski definition) is 0. The monoisotopic (exact) mass is 309 g/mol. The third-order valence-corrected chi connectivity index (χ3v) is 4.34. The molecule has 4 nitrogen and oxygen atoms in total. The number of amides is 2. The average molecular weight is 309 g/mol. The van der Waals surface area contributed by atoms with E-state index in [1.165, 1.54) is 12.1 Å². The first-order valence-corrected chi connectivity index (χ1v) is 6.77. The van der Waals surface area contributed by atoms with E-state index < -0.39 is 47.6 Å². The van der Waals surface area contributed by atoms with E-state index in [1.54, 1.807) is 12.2 Å². The number of hydrogen-bond acceptors (Lipinski definition) is 3. The van der Waals surface area contributed by atoms with Gasteiger partial charge in [-0.25, -0.2) is 4.90 Å². The minimum absolute atomic E-state index is 0.0429. The van der Waals surface area contributed by atoms with Gasteiger partial charge in [-0.1, -0.05) is 18.2 Å². The van der Waals surface area contributed by atoms with E-state index in [2.05, 4.69) is 0 Å². The number of fused-ring (bicyclic) bond motifs is 5. The standard InChI is InChI=1S/C15H10F3NO3/c16-15(17,18)7-2-1-3-8(6-7)19-13(20)11-9-4-5-10(22-9)12(11)14(19)21/h1-6,9-12H/t9-,10+,11-,12-/m0/s1. The fourth-order valence-electron chi connectivity index (χ4n) is 3.38. The van der Waals surface area contributed by atoms with E-state index in [-0.39, 0.29) is 5.69 Å². The molecule has 0 spiro atoms. The lowest BCUT2D eigenvalue weighted by molar-refractivity contribution is -0.137. The average Bonchev–Trinajstić information content (AvgIpc) is 3.12. The van der Waals surface area contributed by atoms with Crippen LogP contribution in [0.1, 0.15) is 5.56 Å². The highest BCUT2D eigenvalue weighted by Gasteiger charge is 2.61. The van der Waals surface area contributed by atoms with Crippen LogP contribution in [0.25, 0.3) is 0 Å². The van der Waals surface area contributed by atoms with Crippen LogP contribution >= 0.6 is 0 Å². The predicted molar refractivity (Wildman–Crippen MR) is 68.7 cm³/mol. The number of carbonyl (C=O) groups is 2. The van der Waals surface area contributed by atoms with Gasteiger partial charge in [0.15, 0.2) is 0 Å². The molecule has 2 fully saturated rings. The van der Waals surface area contributed by atoms with Crippen molar-refractivity contribution in [2.75, 3.05) is 4.90 Å². The summed E-state index contributed by atoms with van der Waals surface area (Å²) in [4.78, 5) is 25.8. The molecule has 0 radical (unpaired) electrons. The van der Waals surface area contributed by atoms with Gasteiger partial charge in [0.1, 0.15) is 0 Å². The molecule has 22 heavy (non-hydrogen) atoms. The smallest absolute Gasteiger partial charge is 0.365 e. The highest BCUT2D eigenvalue weighted by Crippen LogP contribution is 2.46. The van der Waals surface area contributed by atoms with Crippen LogP contribution in [0.2, 0.25) is 0 Å². The molecule has 4 rings (SSSR count). The van der Waals surface area contributed by atoms with Gasteiger partial charge in [0.05, 0.1) is 35.3 Å². The van der Waals surface area contributed by atoms with E-state index in [1.807, 2.05) is 0 Å². The van der Waals surface area contributed by atoms with E-state index >= 15 is 0 Å². The third-order valence-electron chi connectivity index (χ3n) is 4.34. The number of rotatable bonds is 1. The number of carbonyl (C=O) groups excluding carboxylic acids is 2. The van der Waals surface area contributed by atoms with Crippen LogP contribution in [0, 0.1) is 11.8 Å². The Morgan fingerprint density at radius 3 is 2.14 bits per heavy atom. The Morgan fingerprint density at radius 1 is 1.00 bits per heavy atom. The maximum absolute atomic E-state index is 12.8. The Bertz CT molecular complexity index is 682. The van der Waals surface area contributed by atoms with Crippen LogP contribution in [0.4, 0.5) is 18.9 Å². The number of nitrogens with zero attached hydrogens (tertiary/aromatic N) is 1. The number of imide groups is 1. The number of benzene rings is 1. The molecule has 3 aliphatic heterocycles. The lowest BCUT2D eigenvalue weighted by Crippen LogP contribution is -2.34. The first kappa shape index (κ1) is 13.5. The molecule has 4 atom stereocenters. The van der Waals surface area contributed by atoms with Gasteiger partial charge in [0, 0.05) is 0 Å². The summed E-state index contributed by atoms with van der Waals surface area (Å²) in [5, 5.41) is 0. The van der Waals surface area contributed by atoms with Crippen molar-refractivity contribution in [2.24, 2.45) is 11.8 Å². The number of ether oxygens (including phenoxy) is 1. The molecular weight excluding hydrogens is 299 g/mol. The third kappa shape index (κ3) is 1.68. The largest absolute Gasteiger partial charge is 0.416 e. The molecule has 2 bridgehead atoms. The highest BCUT2D eigenvalue weighted by molar-refractivity contribution is 6.23. The Kier molecular flexibility index (Phi) is 2.57. The van der Waals surface area contributed by atoms with Crippen LogP contribution in [-0.4, -0.2) is 24.0 Å². The van der Waals surface area contributed by atoms with Crippen molar-refractivity contribution < 1.29 is 27.5 Å². The zero-order valence-corrected chi connectivity index (χ0v) is 11.1. The van der Waals surface area contributed by atoms with Gasteiger partial charge in [-0.05, 0) is 18.2 Å². The SMILES string of the molecule is O=C1[C@@H]2[C@@H](C(=O)N1c1cccc(C(F)(F)F)c1)[C@H]1C=C[C@@H]2O1. The van der Waals surface area contributed by atoms with Gasteiger partial charge < -0.3 is 4.74 Å². The van der Waals surface area contributed by atoms with Gasteiger partial charge >= 0.3 is 6.18 Å². The van der Waals surface area contributed by atoms with Gasteiger partial charge in [-0.2, -0.15) is 13.2 Å². The summed E-state index contributed by atoms with van der Waals surface area (Å²) in [6.07, 6.45) is -1.98. The van der Waals surface area contributed by atoms with E-state index in [9.17, 15) is 22.8 Å². The fraction of sp³-hybridized carbons (Fsp3) is 0.333.